The molecule has 1 aliphatic rings. The molecule has 0 spiro atoms. The molecule has 1 aliphatic carbocycles. The number of aliphatic hydroxyl groups is 1. The Hall–Kier alpha value is -0.610. The molecule has 2 atom stereocenters. The maximum absolute atomic E-state index is 11.6. The average molecular weight is 229 g/mol. The molecule has 4 nitrogen and oxygen atoms in total. The van der Waals surface area contributed by atoms with Gasteiger partial charge in [-0.2, -0.15) is 0 Å². The smallest absolute Gasteiger partial charge is 0.222 e. The minimum absolute atomic E-state index is 0.00144. The van der Waals surface area contributed by atoms with Gasteiger partial charge in [-0.05, 0) is 31.6 Å². The summed E-state index contributed by atoms with van der Waals surface area (Å²) < 4.78 is 4.94. The van der Waals surface area contributed by atoms with E-state index in [1.165, 1.54) is 0 Å². The Morgan fingerprint density at radius 3 is 2.81 bits per heavy atom. The van der Waals surface area contributed by atoms with Crippen molar-refractivity contribution in [2.75, 3.05) is 20.3 Å². The van der Waals surface area contributed by atoms with Gasteiger partial charge in [0.25, 0.3) is 0 Å². The Bertz CT molecular complexity index is 216. The van der Waals surface area contributed by atoms with E-state index in [4.69, 9.17) is 4.74 Å². The Morgan fingerprint density at radius 1 is 1.56 bits per heavy atom. The normalized spacial score (nSPS) is 19.2. The quantitative estimate of drug-likeness (QED) is 0.609. The second kappa shape index (κ2) is 6.86. The number of nitrogens with one attached hydrogen (secondary N) is 1. The Kier molecular flexibility index (Phi) is 5.77. The minimum Gasteiger partial charge on any atom is -0.391 e. The van der Waals surface area contributed by atoms with Crippen LogP contribution in [-0.4, -0.2) is 37.4 Å². The molecule has 0 aliphatic heterocycles. The predicted molar refractivity (Wildman–Crippen MR) is 62.0 cm³/mol. The summed E-state index contributed by atoms with van der Waals surface area (Å²) >= 11 is 0. The summed E-state index contributed by atoms with van der Waals surface area (Å²) in [6.07, 6.45) is 3.58. The van der Waals surface area contributed by atoms with Crippen molar-refractivity contribution in [1.82, 2.24) is 5.32 Å². The molecule has 0 aromatic carbocycles. The maximum Gasteiger partial charge on any atom is 0.222 e. The summed E-state index contributed by atoms with van der Waals surface area (Å²) in [5.41, 5.74) is 0. The maximum atomic E-state index is 11.6. The Morgan fingerprint density at radius 2 is 2.25 bits per heavy atom. The van der Waals surface area contributed by atoms with Crippen molar-refractivity contribution in [3.8, 4) is 0 Å². The third-order valence-corrected chi connectivity index (χ3v) is 3.08. The highest BCUT2D eigenvalue weighted by Crippen LogP contribution is 2.32. The van der Waals surface area contributed by atoms with Gasteiger partial charge in [-0.25, -0.2) is 0 Å². The van der Waals surface area contributed by atoms with Gasteiger partial charge in [0.2, 0.25) is 5.91 Å². The van der Waals surface area contributed by atoms with Gasteiger partial charge in [-0.3, -0.25) is 4.79 Å². The number of carbonyl (C=O) groups is 1. The predicted octanol–water partition coefficient (Wildman–Crippen LogP) is 0.936. The van der Waals surface area contributed by atoms with Gasteiger partial charge in [0.05, 0.1) is 6.10 Å². The lowest BCUT2D eigenvalue weighted by Gasteiger charge is -2.14. The highest BCUT2D eigenvalue weighted by molar-refractivity contribution is 5.78. The van der Waals surface area contributed by atoms with Crippen molar-refractivity contribution < 1.29 is 14.6 Å². The molecule has 0 bridgehead atoms. The summed E-state index contributed by atoms with van der Waals surface area (Å²) in [5.74, 6) is 0.460. The van der Waals surface area contributed by atoms with Gasteiger partial charge in [-0.15, -0.1) is 0 Å². The Labute approximate surface area is 97.4 Å². The number of rotatable bonds is 8. The molecule has 0 aromatic rings. The Balaban J connectivity index is 2.07. The lowest BCUT2D eigenvalue weighted by atomic mass is 10.1. The SMILES string of the molecule is COCCCC(C)C(=O)NCC(O)C1CC1. The van der Waals surface area contributed by atoms with Gasteiger partial charge in [0.15, 0.2) is 0 Å². The fraction of sp³-hybridized carbons (Fsp3) is 0.917. The van der Waals surface area contributed by atoms with Crippen LogP contribution in [0.4, 0.5) is 0 Å². The van der Waals surface area contributed by atoms with Crippen molar-refractivity contribution in [2.45, 2.75) is 38.7 Å². The molecule has 2 unspecified atom stereocenters. The fourth-order valence-electron chi connectivity index (χ4n) is 1.69. The second-order valence-electron chi connectivity index (χ2n) is 4.69. The van der Waals surface area contributed by atoms with Gasteiger partial charge in [-0.1, -0.05) is 6.92 Å². The molecule has 0 aromatic heterocycles. The molecule has 0 saturated heterocycles. The van der Waals surface area contributed by atoms with Crippen molar-refractivity contribution in [2.24, 2.45) is 11.8 Å². The van der Waals surface area contributed by atoms with Crippen LogP contribution in [-0.2, 0) is 9.53 Å². The zero-order chi connectivity index (χ0) is 12.0. The lowest BCUT2D eigenvalue weighted by Crippen LogP contribution is -2.36. The molecule has 1 amide bonds. The van der Waals surface area contributed by atoms with Crippen LogP contribution in [0.3, 0.4) is 0 Å². The van der Waals surface area contributed by atoms with Crippen molar-refractivity contribution >= 4 is 5.91 Å². The van der Waals surface area contributed by atoms with E-state index in [1.54, 1.807) is 7.11 Å². The zero-order valence-electron chi connectivity index (χ0n) is 10.2. The van der Waals surface area contributed by atoms with E-state index in [0.29, 0.717) is 19.1 Å². The molecule has 0 heterocycles. The van der Waals surface area contributed by atoms with Crippen LogP contribution >= 0.6 is 0 Å². The molecule has 94 valence electrons. The molecule has 4 heteroatoms. The molecular formula is C12H23NO3. The number of ether oxygens (including phenoxy) is 1. The van der Waals surface area contributed by atoms with E-state index in [0.717, 1.165) is 25.7 Å². The summed E-state index contributed by atoms with van der Waals surface area (Å²) in [7, 11) is 1.66. The average Bonchev–Trinajstić information content (AvgIpc) is 3.09. The van der Waals surface area contributed by atoms with E-state index in [9.17, 15) is 9.90 Å². The van der Waals surface area contributed by atoms with E-state index in [1.807, 2.05) is 6.92 Å². The van der Waals surface area contributed by atoms with Gasteiger partial charge in [0, 0.05) is 26.2 Å². The molecule has 16 heavy (non-hydrogen) atoms. The van der Waals surface area contributed by atoms with E-state index in [-0.39, 0.29) is 17.9 Å². The van der Waals surface area contributed by atoms with Crippen LogP contribution in [0.5, 0.6) is 0 Å². The monoisotopic (exact) mass is 229 g/mol. The van der Waals surface area contributed by atoms with Crippen LogP contribution in [0.2, 0.25) is 0 Å². The zero-order valence-corrected chi connectivity index (χ0v) is 10.2. The second-order valence-corrected chi connectivity index (χ2v) is 4.69. The number of carbonyl (C=O) groups excluding carboxylic acids is 1. The first-order chi connectivity index (χ1) is 7.65. The fourth-order valence-corrected chi connectivity index (χ4v) is 1.69. The number of aliphatic hydroxyl groups excluding tert-OH is 1. The van der Waals surface area contributed by atoms with Crippen LogP contribution in [0.25, 0.3) is 0 Å². The van der Waals surface area contributed by atoms with Crippen LogP contribution in [0.15, 0.2) is 0 Å². The van der Waals surface area contributed by atoms with Gasteiger partial charge in [0.1, 0.15) is 0 Å². The molecule has 1 fully saturated rings. The summed E-state index contributed by atoms with van der Waals surface area (Å²) in [5, 5.41) is 12.4. The number of hydrogen-bond donors (Lipinski definition) is 2. The lowest BCUT2D eigenvalue weighted by molar-refractivity contribution is -0.125. The third-order valence-electron chi connectivity index (χ3n) is 3.08. The first kappa shape index (κ1) is 13.5. The van der Waals surface area contributed by atoms with Gasteiger partial charge < -0.3 is 15.2 Å². The highest BCUT2D eigenvalue weighted by atomic mass is 16.5. The third kappa shape index (κ3) is 4.94. The number of hydrogen-bond acceptors (Lipinski definition) is 3. The van der Waals surface area contributed by atoms with E-state index < -0.39 is 0 Å². The molecular weight excluding hydrogens is 206 g/mol. The van der Waals surface area contributed by atoms with Crippen LogP contribution in [0, 0.1) is 11.8 Å². The minimum atomic E-state index is -0.352. The largest absolute Gasteiger partial charge is 0.391 e. The van der Waals surface area contributed by atoms with Gasteiger partial charge >= 0.3 is 0 Å². The summed E-state index contributed by atoms with van der Waals surface area (Å²) in [6.45, 7) is 3.01. The van der Waals surface area contributed by atoms with Crippen molar-refractivity contribution in [1.29, 1.82) is 0 Å². The van der Waals surface area contributed by atoms with Crippen molar-refractivity contribution in [3.05, 3.63) is 0 Å². The number of methoxy groups -OCH3 is 1. The van der Waals surface area contributed by atoms with Crippen LogP contribution in [0.1, 0.15) is 32.6 Å². The molecule has 1 saturated carbocycles. The molecule has 0 radical (unpaired) electrons. The van der Waals surface area contributed by atoms with E-state index in [2.05, 4.69) is 5.32 Å². The van der Waals surface area contributed by atoms with Crippen molar-refractivity contribution in [3.63, 3.8) is 0 Å². The first-order valence-electron chi connectivity index (χ1n) is 6.10. The topological polar surface area (TPSA) is 58.6 Å². The highest BCUT2D eigenvalue weighted by Gasteiger charge is 2.29. The first-order valence-corrected chi connectivity index (χ1v) is 6.10. The van der Waals surface area contributed by atoms with Crippen LogP contribution < -0.4 is 5.32 Å². The molecule has 1 rings (SSSR count). The van der Waals surface area contributed by atoms with E-state index >= 15 is 0 Å². The standard InChI is InChI=1S/C12H23NO3/c1-9(4-3-7-16-2)12(15)13-8-11(14)10-5-6-10/h9-11,14H,3-8H2,1-2H3,(H,13,15). The summed E-state index contributed by atoms with van der Waals surface area (Å²) in [6, 6.07) is 0. The summed E-state index contributed by atoms with van der Waals surface area (Å²) in [4.78, 5) is 11.6. The number of amides is 1. The molecule has 2 N–H and O–H groups in total.